The van der Waals surface area contributed by atoms with Crippen LogP contribution in [0.15, 0.2) is 60.0 Å². The molecule has 1 atom stereocenters. The van der Waals surface area contributed by atoms with Gasteiger partial charge in [-0.1, -0.05) is 24.3 Å². The minimum absolute atomic E-state index is 0.0202. The van der Waals surface area contributed by atoms with Gasteiger partial charge < -0.3 is 15.4 Å². The summed E-state index contributed by atoms with van der Waals surface area (Å²) in [5.41, 5.74) is 9.54. The molecule has 3 aromatic rings. The fourth-order valence-electron chi connectivity index (χ4n) is 4.29. The first-order valence-corrected chi connectivity index (χ1v) is 10.7. The number of rotatable bonds is 6. The summed E-state index contributed by atoms with van der Waals surface area (Å²) < 4.78 is 7.50. The standard InChI is InChI=1S/C24H24N6O3/c1-4-28(5-2)19-12-11-16(13-20(19)30(31)32)22-18(14-25)23(26)33-24-21(22)15(3)27-29(24)17-9-7-6-8-10-17/h6-13,22H,4-5,26H2,1-3H3/t22-/m1/s1. The fraction of sp³-hybridized carbons (Fsp3) is 0.250. The van der Waals surface area contributed by atoms with Crippen molar-refractivity contribution in [2.45, 2.75) is 26.7 Å². The zero-order chi connectivity index (χ0) is 23.7. The van der Waals surface area contributed by atoms with Crippen LogP contribution in [0.2, 0.25) is 0 Å². The first kappa shape index (κ1) is 21.9. The Bertz CT molecular complexity index is 1290. The topological polar surface area (TPSA) is 123 Å². The van der Waals surface area contributed by atoms with Crippen molar-refractivity contribution in [2.75, 3.05) is 18.0 Å². The second-order valence-electron chi connectivity index (χ2n) is 7.65. The molecule has 4 rings (SSSR count). The van der Waals surface area contributed by atoms with Crippen LogP contribution in [0.3, 0.4) is 0 Å². The number of nitro groups is 1. The Hall–Kier alpha value is -4.32. The molecule has 9 heteroatoms. The summed E-state index contributed by atoms with van der Waals surface area (Å²) in [5, 5.41) is 26.5. The van der Waals surface area contributed by atoms with Crippen molar-refractivity contribution in [1.29, 1.82) is 5.26 Å². The number of allylic oxidation sites excluding steroid dienone is 1. The lowest BCUT2D eigenvalue weighted by Crippen LogP contribution is -2.24. The molecule has 0 radical (unpaired) electrons. The Balaban J connectivity index is 1.93. The largest absolute Gasteiger partial charge is 0.422 e. The van der Waals surface area contributed by atoms with Gasteiger partial charge in [0.15, 0.2) is 0 Å². The highest BCUT2D eigenvalue weighted by molar-refractivity contribution is 5.67. The van der Waals surface area contributed by atoms with Crippen LogP contribution < -0.4 is 15.4 Å². The van der Waals surface area contributed by atoms with Gasteiger partial charge in [-0.2, -0.15) is 10.4 Å². The van der Waals surface area contributed by atoms with Crippen molar-refractivity contribution in [1.82, 2.24) is 9.78 Å². The number of hydrogen-bond donors (Lipinski definition) is 1. The SMILES string of the molecule is CCN(CC)c1ccc([C@@H]2C(C#N)=C(N)Oc3c2c(C)nn3-c2ccccc2)cc1[N+](=O)[O-]. The van der Waals surface area contributed by atoms with Gasteiger partial charge in [0.25, 0.3) is 5.69 Å². The van der Waals surface area contributed by atoms with Gasteiger partial charge in [0.2, 0.25) is 11.8 Å². The monoisotopic (exact) mass is 444 g/mol. The molecule has 1 aliphatic heterocycles. The lowest BCUT2D eigenvalue weighted by atomic mass is 9.84. The number of benzene rings is 2. The van der Waals surface area contributed by atoms with Crippen LogP contribution >= 0.6 is 0 Å². The molecule has 0 saturated carbocycles. The number of fused-ring (bicyclic) bond motifs is 1. The third-order valence-corrected chi connectivity index (χ3v) is 5.87. The van der Waals surface area contributed by atoms with Gasteiger partial charge in [-0.25, -0.2) is 4.68 Å². The van der Waals surface area contributed by atoms with E-state index in [4.69, 9.17) is 10.5 Å². The van der Waals surface area contributed by atoms with Gasteiger partial charge in [-0.3, -0.25) is 10.1 Å². The number of nitrogens with two attached hydrogens (primary N) is 1. The Labute approximate surface area is 191 Å². The molecule has 168 valence electrons. The first-order valence-electron chi connectivity index (χ1n) is 10.7. The third-order valence-electron chi connectivity index (χ3n) is 5.87. The predicted octanol–water partition coefficient (Wildman–Crippen LogP) is 4.15. The number of nitriles is 1. The Morgan fingerprint density at radius 3 is 2.55 bits per heavy atom. The van der Waals surface area contributed by atoms with E-state index in [1.54, 1.807) is 10.7 Å². The summed E-state index contributed by atoms with van der Waals surface area (Å²) in [7, 11) is 0. The molecule has 0 aliphatic carbocycles. The van der Waals surface area contributed by atoms with Crippen molar-refractivity contribution in [3.05, 3.63) is 86.9 Å². The summed E-state index contributed by atoms with van der Waals surface area (Å²) in [5.74, 6) is -0.279. The summed E-state index contributed by atoms with van der Waals surface area (Å²) >= 11 is 0. The van der Waals surface area contributed by atoms with Crippen LogP contribution in [0.1, 0.15) is 36.6 Å². The van der Waals surface area contributed by atoms with E-state index in [1.165, 1.54) is 6.07 Å². The van der Waals surface area contributed by atoms with Crippen LogP contribution in [-0.4, -0.2) is 27.8 Å². The number of aryl methyl sites for hydroxylation is 1. The van der Waals surface area contributed by atoms with Crippen molar-refractivity contribution >= 4 is 11.4 Å². The predicted molar refractivity (Wildman–Crippen MR) is 124 cm³/mol. The number of ether oxygens (including phenoxy) is 1. The normalized spacial score (nSPS) is 14.9. The van der Waals surface area contributed by atoms with Gasteiger partial charge >= 0.3 is 0 Å². The number of nitro benzene ring substituents is 1. The van der Waals surface area contributed by atoms with Crippen LogP contribution in [0.5, 0.6) is 5.88 Å². The fourth-order valence-corrected chi connectivity index (χ4v) is 4.29. The summed E-state index contributed by atoms with van der Waals surface area (Å²) in [6.45, 7) is 6.99. The molecule has 2 aromatic carbocycles. The molecule has 33 heavy (non-hydrogen) atoms. The van der Waals surface area contributed by atoms with Crippen molar-refractivity contribution in [3.63, 3.8) is 0 Å². The molecule has 1 aromatic heterocycles. The van der Waals surface area contributed by atoms with Crippen LogP contribution in [0, 0.1) is 28.4 Å². The molecule has 0 saturated heterocycles. The molecule has 2 heterocycles. The highest BCUT2D eigenvalue weighted by Crippen LogP contribution is 2.46. The number of nitrogens with zero attached hydrogens (tertiary/aromatic N) is 5. The van der Waals surface area contributed by atoms with E-state index in [-0.39, 0.29) is 17.1 Å². The molecule has 0 unspecified atom stereocenters. The van der Waals surface area contributed by atoms with Crippen molar-refractivity contribution < 1.29 is 9.66 Å². The summed E-state index contributed by atoms with van der Waals surface area (Å²) in [4.78, 5) is 13.5. The van der Waals surface area contributed by atoms with Crippen LogP contribution in [0.4, 0.5) is 11.4 Å². The zero-order valence-electron chi connectivity index (χ0n) is 18.6. The van der Waals surface area contributed by atoms with E-state index in [2.05, 4.69) is 11.2 Å². The second-order valence-corrected chi connectivity index (χ2v) is 7.65. The second kappa shape index (κ2) is 8.67. The lowest BCUT2D eigenvalue weighted by Gasteiger charge is -2.26. The summed E-state index contributed by atoms with van der Waals surface area (Å²) in [6, 6.07) is 16.6. The average molecular weight is 444 g/mol. The molecule has 0 spiro atoms. The van der Waals surface area contributed by atoms with Gasteiger partial charge in [-0.05, 0) is 44.5 Å². The Morgan fingerprint density at radius 2 is 1.94 bits per heavy atom. The Kier molecular flexibility index (Phi) is 5.75. The number of para-hydroxylation sites is 1. The molecular weight excluding hydrogens is 420 g/mol. The lowest BCUT2D eigenvalue weighted by molar-refractivity contribution is -0.384. The first-order chi connectivity index (χ1) is 15.9. The van der Waals surface area contributed by atoms with Gasteiger partial charge in [0, 0.05) is 19.2 Å². The molecule has 1 aliphatic rings. The summed E-state index contributed by atoms with van der Waals surface area (Å²) in [6.07, 6.45) is 0. The molecule has 0 amide bonds. The molecule has 0 fully saturated rings. The maximum atomic E-state index is 11.9. The van der Waals surface area contributed by atoms with E-state index in [1.807, 2.05) is 62.1 Å². The Morgan fingerprint density at radius 1 is 1.24 bits per heavy atom. The van der Waals surface area contributed by atoms with E-state index in [9.17, 15) is 15.4 Å². The van der Waals surface area contributed by atoms with Crippen molar-refractivity contribution in [3.8, 4) is 17.6 Å². The minimum atomic E-state index is -0.638. The molecule has 2 N–H and O–H groups in total. The quantitative estimate of drug-likeness (QED) is 0.447. The van der Waals surface area contributed by atoms with Crippen LogP contribution in [0.25, 0.3) is 5.69 Å². The number of aromatic nitrogens is 2. The molecular formula is C24H24N6O3. The molecule has 9 nitrogen and oxygen atoms in total. The molecule has 0 bridgehead atoms. The van der Waals surface area contributed by atoms with E-state index in [0.29, 0.717) is 41.5 Å². The minimum Gasteiger partial charge on any atom is -0.422 e. The van der Waals surface area contributed by atoms with Gasteiger partial charge in [0.05, 0.1) is 27.8 Å². The maximum absolute atomic E-state index is 11.9. The highest BCUT2D eigenvalue weighted by atomic mass is 16.6. The van der Waals surface area contributed by atoms with Gasteiger partial charge in [-0.15, -0.1) is 0 Å². The van der Waals surface area contributed by atoms with E-state index in [0.717, 1.165) is 5.69 Å². The third kappa shape index (κ3) is 3.65. The zero-order valence-corrected chi connectivity index (χ0v) is 18.6. The van der Waals surface area contributed by atoms with Gasteiger partial charge in [0.1, 0.15) is 17.3 Å². The van der Waals surface area contributed by atoms with Crippen molar-refractivity contribution in [2.24, 2.45) is 5.73 Å². The highest BCUT2D eigenvalue weighted by Gasteiger charge is 2.37. The van der Waals surface area contributed by atoms with E-state index >= 15 is 0 Å². The van der Waals surface area contributed by atoms with Crippen LogP contribution in [-0.2, 0) is 0 Å². The smallest absolute Gasteiger partial charge is 0.292 e. The maximum Gasteiger partial charge on any atom is 0.292 e. The number of hydrogen-bond acceptors (Lipinski definition) is 7. The average Bonchev–Trinajstić information content (AvgIpc) is 3.15. The van der Waals surface area contributed by atoms with E-state index < -0.39 is 10.8 Å². The number of anilines is 1.